The molecule has 0 spiro atoms. The van der Waals surface area contributed by atoms with Crippen molar-refractivity contribution in [2.45, 2.75) is 26.2 Å². The van der Waals surface area contributed by atoms with Crippen LogP contribution in [0.5, 0.6) is 0 Å². The number of carbonyl (C=O) groups excluding carboxylic acids is 1. The van der Waals surface area contributed by atoms with Crippen LogP contribution in [-0.4, -0.2) is 35.5 Å². The number of hydrogen-bond donors (Lipinski definition) is 2. The molecule has 0 amide bonds. The molecule has 0 aromatic rings. The summed E-state index contributed by atoms with van der Waals surface area (Å²) >= 11 is 0. The maximum absolute atomic E-state index is 10.8. The second-order valence-corrected chi connectivity index (χ2v) is 2.50. The van der Waals surface area contributed by atoms with Gasteiger partial charge in [-0.3, -0.25) is 4.79 Å². The maximum Gasteiger partial charge on any atom is 0.166 e. The fourth-order valence-electron chi connectivity index (χ4n) is 0.925. The van der Waals surface area contributed by atoms with Crippen LogP contribution < -0.4 is 0 Å². The molecule has 0 aliphatic heterocycles. The topological polar surface area (TPSA) is 66.8 Å². The molecule has 0 heterocycles. The van der Waals surface area contributed by atoms with E-state index in [-0.39, 0.29) is 5.78 Å². The molecule has 0 radical (unpaired) electrons. The number of ketones is 1. The summed E-state index contributed by atoms with van der Waals surface area (Å²) in [6.07, 6.45) is -2.10. The number of ether oxygens (including phenoxy) is 1. The predicted octanol–water partition coefficient (Wildman–Crippen LogP) is -0.463. The Morgan fingerprint density at radius 1 is 1.45 bits per heavy atom. The zero-order valence-corrected chi connectivity index (χ0v) is 6.94. The van der Waals surface area contributed by atoms with Crippen LogP contribution in [0.15, 0.2) is 0 Å². The molecule has 0 fully saturated rings. The first-order valence-electron chi connectivity index (χ1n) is 3.40. The molecule has 0 aromatic carbocycles. The van der Waals surface area contributed by atoms with Crippen molar-refractivity contribution >= 4 is 5.78 Å². The van der Waals surface area contributed by atoms with Gasteiger partial charge in [0.2, 0.25) is 0 Å². The quantitative estimate of drug-likeness (QED) is 0.549. The van der Waals surface area contributed by atoms with Crippen molar-refractivity contribution in [2.24, 2.45) is 5.92 Å². The third-order valence-electron chi connectivity index (χ3n) is 1.54. The number of aliphatic hydroxyl groups excluding tert-OH is 2. The molecule has 0 bridgehead atoms. The van der Waals surface area contributed by atoms with E-state index < -0.39 is 18.3 Å². The van der Waals surface area contributed by atoms with Crippen molar-refractivity contribution in [2.75, 3.05) is 7.11 Å². The predicted molar refractivity (Wildman–Crippen MR) is 38.9 cm³/mol. The molecule has 4 heteroatoms. The van der Waals surface area contributed by atoms with E-state index in [0.29, 0.717) is 0 Å². The smallest absolute Gasteiger partial charge is 0.166 e. The lowest BCUT2D eigenvalue weighted by Gasteiger charge is -2.21. The zero-order chi connectivity index (χ0) is 9.02. The molecule has 11 heavy (non-hydrogen) atoms. The van der Waals surface area contributed by atoms with E-state index >= 15 is 0 Å². The van der Waals surface area contributed by atoms with Crippen molar-refractivity contribution in [1.82, 2.24) is 0 Å². The Bertz CT molecular complexity index is 132. The zero-order valence-electron chi connectivity index (χ0n) is 6.94. The van der Waals surface area contributed by atoms with Gasteiger partial charge in [-0.05, 0) is 13.8 Å². The second-order valence-electron chi connectivity index (χ2n) is 2.50. The minimum Gasteiger partial charge on any atom is -0.392 e. The van der Waals surface area contributed by atoms with Crippen LogP contribution in [0.1, 0.15) is 13.8 Å². The van der Waals surface area contributed by atoms with Gasteiger partial charge in [0.1, 0.15) is 5.78 Å². The van der Waals surface area contributed by atoms with E-state index in [1.165, 1.54) is 21.0 Å². The van der Waals surface area contributed by atoms with E-state index in [1.54, 1.807) is 0 Å². The third kappa shape index (κ3) is 2.96. The Morgan fingerprint density at radius 2 is 1.91 bits per heavy atom. The second kappa shape index (κ2) is 4.43. The lowest BCUT2D eigenvalue weighted by molar-refractivity contribution is -0.157. The molecule has 0 aliphatic rings. The van der Waals surface area contributed by atoms with Crippen LogP contribution in [0, 0.1) is 5.92 Å². The molecule has 0 aromatic heterocycles. The first-order valence-corrected chi connectivity index (χ1v) is 3.40. The largest absolute Gasteiger partial charge is 0.392 e. The van der Waals surface area contributed by atoms with Crippen LogP contribution in [0.2, 0.25) is 0 Å². The van der Waals surface area contributed by atoms with Crippen molar-refractivity contribution in [1.29, 1.82) is 0 Å². The summed E-state index contributed by atoms with van der Waals surface area (Å²) in [6.45, 7) is 2.74. The lowest BCUT2D eigenvalue weighted by Crippen LogP contribution is -2.36. The molecule has 0 saturated carbocycles. The van der Waals surface area contributed by atoms with Crippen molar-refractivity contribution in [3.63, 3.8) is 0 Å². The van der Waals surface area contributed by atoms with Crippen LogP contribution in [0.25, 0.3) is 0 Å². The molecule has 2 N–H and O–H groups in total. The Morgan fingerprint density at radius 3 is 2.00 bits per heavy atom. The van der Waals surface area contributed by atoms with Gasteiger partial charge in [-0.1, -0.05) is 0 Å². The molecule has 0 aliphatic carbocycles. The SMILES string of the molecule is COC(O)C(C(C)=O)C(C)O. The van der Waals surface area contributed by atoms with Gasteiger partial charge in [0.25, 0.3) is 0 Å². The Labute approximate surface area is 65.8 Å². The van der Waals surface area contributed by atoms with Gasteiger partial charge < -0.3 is 14.9 Å². The molecule has 66 valence electrons. The van der Waals surface area contributed by atoms with Crippen molar-refractivity contribution in [3.8, 4) is 0 Å². The van der Waals surface area contributed by atoms with E-state index in [4.69, 9.17) is 10.2 Å². The first kappa shape index (κ1) is 10.6. The average Bonchev–Trinajstić information content (AvgIpc) is 1.85. The number of carbonyl (C=O) groups is 1. The number of hydrogen-bond acceptors (Lipinski definition) is 4. The highest BCUT2D eigenvalue weighted by molar-refractivity contribution is 5.79. The van der Waals surface area contributed by atoms with Gasteiger partial charge >= 0.3 is 0 Å². The van der Waals surface area contributed by atoms with E-state index in [2.05, 4.69) is 4.74 Å². The van der Waals surface area contributed by atoms with Crippen LogP contribution in [0.3, 0.4) is 0 Å². The molecular weight excluding hydrogens is 148 g/mol. The monoisotopic (exact) mass is 162 g/mol. The fourth-order valence-corrected chi connectivity index (χ4v) is 0.925. The van der Waals surface area contributed by atoms with Gasteiger partial charge in [0, 0.05) is 7.11 Å². The summed E-state index contributed by atoms with van der Waals surface area (Å²) in [4.78, 5) is 10.8. The fraction of sp³-hybridized carbons (Fsp3) is 0.857. The summed E-state index contributed by atoms with van der Waals surface area (Å²) in [6, 6.07) is 0. The van der Waals surface area contributed by atoms with Gasteiger partial charge in [-0.15, -0.1) is 0 Å². The highest BCUT2D eigenvalue weighted by atomic mass is 16.6. The molecule has 0 saturated heterocycles. The molecule has 3 unspecified atom stereocenters. The maximum atomic E-state index is 10.8. The molecule has 3 atom stereocenters. The molecule has 0 rings (SSSR count). The van der Waals surface area contributed by atoms with Gasteiger partial charge in [0.05, 0.1) is 12.0 Å². The van der Waals surface area contributed by atoms with Crippen LogP contribution >= 0.6 is 0 Å². The average molecular weight is 162 g/mol. The highest BCUT2D eigenvalue weighted by Gasteiger charge is 2.27. The van der Waals surface area contributed by atoms with Gasteiger partial charge in [-0.2, -0.15) is 0 Å². The number of Topliss-reactive ketones (excluding diaryl/α,β-unsaturated/α-hetero) is 1. The van der Waals surface area contributed by atoms with Crippen molar-refractivity contribution in [3.05, 3.63) is 0 Å². The van der Waals surface area contributed by atoms with Crippen molar-refractivity contribution < 1.29 is 19.7 Å². The Kier molecular flexibility index (Phi) is 4.25. The van der Waals surface area contributed by atoms with Gasteiger partial charge in [0.15, 0.2) is 6.29 Å². The minimum absolute atomic E-state index is 0.283. The Balaban J connectivity index is 4.21. The first-order chi connectivity index (χ1) is 5.00. The van der Waals surface area contributed by atoms with Gasteiger partial charge in [-0.25, -0.2) is 0 Å². The summed E-state index contributed by atoms with van der Waals surface area (Å²) in [5.74, 6) is -1.13. The number of aliphatic hydroxyl groups is 2. The summed E-state index contributed by atoms with van der Waals surface area (Å²) < 4.78 is 4.51. The Hall–Kier alpha value is -0.450. The normalized spacial score (nSPS) is 19.0. The van der Waals surface area contributed by atoms with E-state index in [0.717, 1.165) is 0 Å². The standard InChI is InChI=1S/C7H14O4/c1-4(8)6(5(2)9)7(10)11-3/h4,6-8,10H,1-3H3. The van der Waals surface area contributed by atoms with E-state index in [9.17, 15) is 4.79 Å². The minimum atomic E-state index is -1.22. The summed E-state index contributed by atoms with van der Waals surface area (Å²) in [5, 5.41) is 18.1. The third-order valence-corrected chi connectivity index (χ3v) is 1.54. The summed E-state index contributed by atoms with van der Waals surface area (Å²) in [5.41, 5.74) is 0. The molecular formula is C7H14O4. The van der Waals surface area contributed by atoms with Crippen LogP contribution in [0.4, 0.5) is 0 Å². The number of rotatable bonds is 4. The summed E-state index contributed by atoms with van der Waals surface area (Å²) in [7, 11) is 1.28. The van der Waals surface area contributed by atoms with Crippen LogP contribution in [-0.2, 0) is 9.53 Å². The highest BCUT2D eigenvalue weighted by Crippen LogP contribution is 2.10. The molecule has 4 nitrogen and oxygen atoms in total. The van der Waals surface area contributed by atoms with E-state index in [1.807, 2.05) is 0 Å². The lowest BCUT2D eigenvalue weighted by atomic mass is 9.99. The number of methoxy groups -OCH3 is 1.